The van der Waals surface area contributed by atoms with Crippen LogP contribution in [0.4, 0.5) is 5.69 Å². The molecular weight excluding hydrogens is 422 g/mol. The minimum atomic E-state index is 0.0273. The number of hydrogen-bond donors (Lipinski definition) is 0. The fraction of sp³-hybridized carbons (Fsp3) is 0.407. The first-order valence-electron chi connectivity index (χ1n) is 12.5. The Morgan fingerprint density at radius 1 is 0.824 bits per heavy atom. The van der Waals surface area contributed by atoms with E-state index in [0.717, 1.165) is 55.7 Å². The summed E-state index contributed by atoms with van der Waals surface area (Å²) in [5.41, 5.74) is 3.55. The molecule has 2 fully saturated rings. The normalized spacial score (nSPS) is 18.9. The zero-order valence-corrected chi connectivity index (χ0v) is 19.5. The fourth-order valence-corrected chi connectivity index (χ4v) is 5.63. The van der Waals surface area contributed by atoms with Crippen LogP contribution in [0.15, 0.2) is 66.9 Å². The average Bonchev–Trinajstić information content (AvgIpc) is 3.40. The van der Waals surface area contributed by atoms with E-state index < -0.39 is 0 Å². The fourth-order valence-electron chi connectivity index (χ4n) is 5.63. The predicted octanol–water partition coefficient (Wildman–Crippen LogP) is 4.64. The van der Waals surface area contributed by atoms with Crippen LogP contribution in [0.25, 0.3) is 10.9 Å². The molecule has 4 aromatic rings. The summed E-state index contributed by atoms with van der Waals surface area (Å²) in [5, 5.41) is 14.5. The zero-order chi connectivity index (χ0) is 22.7. The number of nitrogens with zero attached hydrogens (tertiary/aromatic N) is 7. The van der Waals surface area contributed by atoms with Crippen molar-refractivity contribution in [1.82, 2.24) is 30.1 Å². The molecule has 1 atom stereocenters. The largest absolute Gasteiger partial charge is 0.369 e. The lowest BCUT2D eigenvalue weighted by molar-refractivity contribution is 0.193. The van der Waals surface area contributed by atoms with E-state index in [9.17, 15) is 0 Å². The molecule has 0 radical (unpaired) electrons. The number of anilines is 1. The third-order valence-electron chi connectivity index (χ3n) is 7.43. The van der Waals surface area contributed by atoms with Gasteiger partial charge in [-0.05, 0) is 59.2 Å². The second-order valence-corrected chi connectivity index (χ2v) is 9.49. The first-order valence-corrected chi connectivity index (χ1v) is 12.5. The number of para-hydroxylation sites is 1. The molecule has 0 spiro atoms. The molecule has 2 aliphatic rings. The van der Waals surface area contributed by atoms with Gasteiger partial charge in [-0.1, -0.05) is 49.6 Å². The number of aromatic nitrogens is 5. The standard InChI is InChI=1S/C27H31N7/c1-3-9-23(10-4-1)32-16-18-33(19-17-32)26(22-13-14-25-21(20-22)8-7-15-28-25)27-29-30-31-34(27)24-11-5-2-6-12-24/h1,3-4,7-10,13-15,20,24,26H,2,5-6,11-12,16-19H2/t26-/m0/s1. The van der Waals surface area contributed by atoms with Crippen LogP contribution in [0, 0.1) is 0 Å². The van der Waals surface area contributed by atoms with Crippen molar-refractivity contribution in [3.8, 4) is 0 Å². The van der Waals surface area contributed by atoms with Gasteiger partial charge in [0.25, 0.3) is 0 Å². The van der Waals surface area contributed by atoms with Crippen molar-refractivity contribution in [2.45, 2.75) is 44.2 Å². The van der Waals surface area contributed by atoms with Crippen molar-refractivity contribution in [3.63, 3.8) is 0 Å². The molecule has 1 saturated carbocycles. The van der Waals surface area contributed by atoms with Gasteiger partial charge in [-0.15, -0.1) is 5.10 Å². The Labute approximate surface area is 200 Å². The maximum atomic E-state index is 4.63. The molecule has 0 amide bonds. The Morgan fingerprint density at radius 3 is 2.47 bits per heavy atom. The lowest BCUT2D eigenvalue weighted by Crippen LogP contribution is -2.48. The Hall–Kier alpha value is -3.32. The van der Waals surface area contributed by atoms with Crippen LogP contribution >= 0.6 is 0 Å². The van der Waals surface area contributed by atoms with Crippen molar-refractivity contribution in [1.29, 1.82) is 0 Å². The maximum Gasteiger partial charge on any atom is 0.173 e. The van der Waals surface area contributed by atoms with Crippen LogP contribution in [0.1, 0.15) is 55.6 Å². The maximum absolute atomic E-state index is 4.63. The molecule has 2 aromatic carbocycles. The Kier molecular flexibility index (Phi) is 5.93. The highest BCUT2D eigenvalue weighted by Crippen LogP contribution is 2.35. The van der Waals surface area contributed by atoms with E-state index in [0.29, 0.717) is 6.04 Å². The topological polar surface area (TPSA) is 63.0 Å². The summed E-state index contributed by atoms with van der Waals surface area (Å²) in [6.45, 7) is 3.89. The van der Waals surface area contributed by atoms with Crippen LogP contribution in [-0.4, -0.2) is 56.3 Å². The molecule has 7 heteroatoms. The lowest BCUT2D eigenvalue weighted by atomic mass is 9.94. The minimum absolute atomic E-state index is 0.0273. The molecule has 1 saturated heterocycles. The van der Waals surface area contributed by atoms with Crippen LogP contribution in [0.5, 0.6) is 0 Å². The summed E-state index contributed by atoms with van der Waals surface area (Å²) >= 11 is 0. The first kappa shape index (κ1) is 21.2. The smallest absolute Gasteiger partial charge is 0.173 e. The van der Waals surface area contributed by atoms with E-state index >= 15 is 0 Å². The summed E-state index contributed by atoms with van der Waals surface area (Å²) in [7, 11) is 0. The van der Waals surface area contributed by atoms with Crippen LogP contribution < -0.4 is 4.90 Å². The monoisotopic (exact) mass is 453 g/mol. The number of piperazine rings is 1. The van der Waals surface area contributed by atoms with Gasteiger partial charge in [-0.25, -0.2) is 4.68 Å². The quantitative estimate of drug-likeness (QED) is 0.439. The van der Waals surface area contributed by atoms with Gasteiger partial charge in [0.15, 0.2) is 5.82 Å². The van der Waals surface area contributed by atoms with Gasteiger partial charge in [0.05, 0.1) is 17.6 Å². The molecule has 1 aliphatic heterocycles. The molecule has 2 aromatic heterocycles. The van der Waals surface area contributed by atoms with Crippen molar-refractivity contribution < 1.29 is 0 Å². The number of benzene rings is 2. The van der Waals surface area contributed by atoms with E-state index in [4.69, 9.17) is 0 Å². The molecule has 7 nitrogen and oxygen atoms in total. The van der Waals surface area contributed by atoms with E-state index in [1.54, 1.807) is 0 Å². The predicted molar refractivity (Wildman–Crippen MR) is 134 cm³/mol. The number of tetrazole rings is 1. The molecule has 0 bridgehead atoms. The van der Waals surface area contributed by atoms with Crippen molar-refractivity contribution >= 4 is 16.6 Å². The zero-order valence-electron chi connectivity index (χ0n) is 19.5. The minimum Gasteiger partial charge on any atom is -0.369 e. The van der Waals surface area contributed by atoms with Crippen molar-refractivity contribution in [3.05, 3.63) is 78.2 Å². The average molecular weight is 454 g/mol. The van der Waals surface area contributed by atoms with Gasteiger partial charge < -0.3 is 4.90 Å². The lowest BCUT2D eigenvalue weighted by Gasteiger charge is -2.40. The number of hydrogen-bond acceptors (Lipinski definition) is 6. The molecule has 34 heavy (non-hydrogen) atoms. The highest BCUT2D eigenvalue weighted by Gasteiger charge is 2.33. The first-order chi connectivity index (χ1) is 16.9. The molecular formula is C27H31N7. The van der Waals surface area contributed by atoms with Crippen molar-refractivity contribution in [2.24, 2.45) is 0 Å². The number of fused-ring (bicyclic) bond motifs is 1. The van der Waals surface area contributed by atoms with Gasteiger partial charge in [0.2, 0.25) is 0 Å². The van der Waals surface area contributed by atoms with Gasteiger partial charge in [0.1, 0.15) is 0 Å². The summed E-state index contributed by atoms with van der Waals surface area (Å²) in [6.07, 6.45) is 8.00. The molecule has 6 rings (SSSR count). The number of rotatable bonds is 5. The summed E-state index contributed by atoms with van der Waals surface area (Å²) in [5.74, 6) is 0.975. The van der Waals surface area contributed by atoms with Crippen LogP contribution in [-0.2, 0) is 0 Å². The summed E-state index contributed by atoms with van der Waals surface area (Å²) in [4.78, 5) is 9.56. The number of pyridine rings is 1. The Bertz CT molecular complexity index is 1220. The van der Waals surface area contributed by atoms with E-state index in [-0.39, 0.29) is 6.04 Å². The van der Waals surface area contributed by atoms with Gasteiger partial charge in [-0.3, -0.25) is 9.88 Å². The van der Waals surface area contributed by atoms with Crippen LogP contribution in [0.3, 0.4) is 0 Å². The van der Waals surface area contributed by atoms with Crippen LogP contribution in [0.2, 0.25) is 0 Å². The third-order valence-corrected chi connectivity index (χ3v) is 7.43. The van der Waals surface area contributed by atoms with Gasteiger partial charge in [0, 0.05) is 43.4 Å². The van der Waals surface area contributed by atoms with Gasteiger partial charge in [-0.2, -0.15) is 0 Å². The third kappa shape index (κ3) is 4.16. The molecule has 0 N–H and O–H groups in total. The van der Waals surface area contributed by atoms with E-state index in [1.165, 1.54) is 30.5 Å². The SMILES string of the molecule is c1ccc(N2CCN([C@@H](c3ccc4ncccc4c3)c3nnnn3C3CCCCC3)CC2)cc1. The van der Waals surface area contributed by atoms with E-state index in [1.807, 2.05) is 12.3 Å². The molecule has 3 heterocycles. The second kappa shape index (κ2) is 9.50. The molecule has 0 unspecified atom stereocenters. The summed E-state index contributed by atoms with van der Waals surface area (Å²) < 4.78 is 2.14. The van der Waals surface area contributed by atoms with E-state index in [2.05, 4.69) is 89.6 Å². The molecule has 174 valence electrons. The molecule has 1 aliphatic carbocycles. The highest BCUT2D eigenvalue weighted by atomic mass is 15.6. The highest BCUT2D eigenvalue weighted by molar-refractivity contribution is 5.79. The Balaban J connectivity index is 1.35. The second-order valence-electron chi connectivity index (χ2n) is 9.49. The Morgan fingerprint density at radius 2 is 1.65 bits per heavy atom. The summed E-state index contributed by atoms with van der Waals surface area (Å²) in [6, 6.07) is 21.9. The van der Waals surface area contributed by atoms with Crippen molar-refractivity contribution in [2.75, 3.05) is 31.1 Å². The van der Waals surface area contributed by atoms with Gasteiger partial charge >= 0.3 is 0 Å².